The Balaban J connectivity index is 2.78. The Labute approximate surface area is 140 Å². The molecule has 0 aromatic heterocycles. The molecule has 118 valence electrons. The molecule has 0 bridgehead atoms. The molecule has 2 aromatic rings. The smallest absolute Gasteiger partial charge is 0.295 e. The van der Waals surface area contributed by atoms with Crippen molar-refractivity contribution in [3.05, 3.63) is 58.1 Å². The van der Waals surface area contributed by atoms with Gasteiger partial charge in [0.1, 0.15) is 0 Å². The van der Waals surface area contributed by atoms with Gasteiger partial charge in [0.05, 0.1) is 21.4 Å². The predicted octanol–water partition coefficient (Wildman–Crippen LogP) is 5.84. The largest absolute Gasteiger partial charge is 0.439 e. The van der Waals surface area contributed by atoms with Crippen LogP contribution in [0.4, 0.5) is 11.4 Å². The monoisotopic (exact) mass is 359 g/mol. The van der Waals surface area contributed by atoms with Crippen LogP contribution in [0.2, 0.25) is 10.0 Å². The van der Waals surface area contributed by atoms with Crippen LogP contribution in [0, 0.1) is 6.92 Å². The van der Waals surface area contributed by atoms with Crippen LogP contribution in [0.3, 0.4) is 0 Å². The third-order valence-corrected chi connectivity index (χ3v) is 5.64. The molecule has 0 N–H and O–H groups in total. The number of halogens is 2. The number of hydrogen-bond acceptors (Lipinski definition) is 3. The van der Waals surface area contributed by atoms with E-state index in [-0.39, 0.29) is 0 Å². The Morgan fingerprint density at radius 1 is 0.955 bits per heavy atom. The number of para-hydroxylation sites is 2. The van der Waals surface area contributed by atoms with E-state index in [1.54, 1.807) is 24.3 Å². The first kappa shape index (κ1) is 17.3. The lowest BCUT2D eigenvalue weighted by Crippen LogP contribution is -2.17. The summed E-state index contributed by atoms with van der Waals surface area (Å²) >= 11 is 12.6. The van der Waals surface area contributed by atoms with Crippen molar-refractivity contribution in [2.24, 2.45) is 0 Å². The van der Waals surface area contributed by atoms with Crippen LogP contribution >= 0.6 is 30.9 Å². The van der Waals surface area contributed by atoms with Gasteiger partial charge in [0.2, 0.25) is 0 Å². The zero-order valence-electron chi connectivity index (χ0n) is 12.4. The minimum Gasteiger partial charge on any atom is -0.295 e. The molecular weight excluding hydrogens is 344 g/mol. The molecule has 0 amide bonds. The molecular formula is C15H16Cl2NO3P. The highest BCUT2D eigenvalue weighted by Crippen LogP contribution is 2.60. The zero-order valence-corrected chi connectivity index (χ0v) is 14.8. The molecule has 0 fully saturated rings. The number of anilines is 2. The first-order valence-electron chi connectivity index (χ1n) is 6.46. The Hall–Kier alpha value is -1.03. The summed E-state index contributed by atoms with van der Waals surface area (Å²) in [5.74, 6) is 0. The van der Waals surface area contributed by atoms with Crippen molar-refractivity contribution in [2.75, 3.05) is 18.9 Å². The van der Waals surface area contributed by atoms with Gasteiger partial charge in [-0.15, -0.1) is 0 Å². The summed E-state index contributed by atoms with van der Waals surface area (Å²) in [6, 6.07) is 12.5. The molecule has 0 saturated carbocycles. The summed E-state index contributed by atoms with van der Waals surface area (Å²) in [6.45, 7) is 1.89. The lowest BCUT2D eigenvalue weighted by Gasteiger charge is -2.32. The number of nitrogens with zero attached hydrogens (tertiary/aromatic N) is 1. The quantitative estimate of drug-likeness (QED) is 0.628. The number of benzene rings is 2. The number of rotatable bonds is 5. The fraction of sp³-hybridized carbons (Fsp3) is 0.200. The third-order valence-electron chi connectivity index (χ3n) is 3.20. The van der Waals surface area contributed by atoms with Crippen LogP contribution in [0.15, 0.2) is 42.5 Å². The van der Waals surface area contributed by atoms with Gasteiger partial charge in [0, 0.05) is 14.2 Å². The number of aryl methyl sites for hydroxylation is 1. The fourth-order valence-electron chi connectivity index (χ4n) is 2.11. The average Bonchev–Trinajstić information content (AvgIpc) is 2.51. The van der Waals surface area contributed by atoms with E-state index in [2.05, 4.69) is 0 Å². The normalized spacial score (nSPS) is 11.5. The van der Waals surface area contributed by atoms with Crippen molar-refractivity contribution >= 4 is 42.3 Å². The topological polar surface area (TPSA) is 38.8 Å². The predicted molar refractivity (Wildman–Crippen MR) is 91.4 cm³/mol. The Bertz CT molecular complexity index is 695. The minimum atomic E-state index is -3.65. The number of hydrogen-bond donors (Lipinski definition) is 0. The van der Waals surface area contributed by atoms with Crippen molar-refractivity contribution in [3.63, 3.8) is 0 Å². The van der Waals surface area contributed by atoms with Gasteiger partial charge < -0.3 is 0 Å². The van der Waals surface area contributed by atoms with E-state index in [0.29, 0.717) is 21.4 Å². The Morgan fingerprint density at radius 3 is 2.00 bits per heavy atom. The molecule has 0 aliphatic heterocycles. The van der Waals surface area contributed by atoms with Crippen LogP contribution in [0.25, 0.3) is 0 Å². The molecule has 0 spiro atoms. The summed E-state index contributed by atoms with van der Waals surface area (Å²) in [5.41, 5.74) is 1.91. The van der Waals surface area contributed by atoms with Gasteiger partial charge in [-0.1, -0.05) is 47.5 Å². The molecule has 0 radical (unpaired) electrons. The van der Waals surface area contributed by atoms with E-state index < -0.39 is 7.75 Å². The van der Waals surface area contributed by atoms with Crippen LogP contribution < -0.4 is 4.67 Å². The van der Waals surface area contributed by atoms with Crippen molar-refractivity contribution in [2.45, 2.75) is 6.92 Å². The zero-order chi connectivity index (χ0) is 16.3. The first-order chi connectivity index (χ1) is 10.4. The van der Waals surface area contributed by atoms with E-state index in [4.69, 9.17) is 32.2 Å². The maximum atomic E-state index is 13.1. The third kappa shape index (κ3) is 3.17. The van der Waals surface area contributed by atoms with E-state index in [9.17, 15) is 4.57 Å². The summed E-state index contributed by atoms with van der Waals surface area (Å²) in [7, 11) is -1.01. The van der Waals surface area contributed by atoms with Crippen molar-refractivity contribution in [1.29, 1.82) is 0 Å². The molecule has 0 saturated heterocycles. The summed E-state index contributed by atoms with van der Waals surface area (Å²) < 4.78 is 24.8. The second-order valence-electron chi connectivity index (χ2n) is 4.50. The highest BCUT2D eigenvalue weighted by molar-refractivity contribution is 7.56. The summed E-state index contributed by atoms with van der Waals surface area (Å²) in [6.07, 6.45) is 0. The maximum absolute atomic E-state index is 13.1. The minimum absolute atomic E-state index is 0.352. The van der Waals surface area contributed by atoms with Crippen molar-refractivity contribution in [3.8, 4) is 0 Å². The molecule has 4 nitrogen and oxygen atoms in total. The van der Waals surface area contributed by atoms with Gasteiger partial charge in [-0.25, -0.2) is 9.24 Å². The highest BCUT2D eigenvalue weighted by atomic mass is 35.5. The first-order valence-corrected chi connectivity index (χ1v) is 8.71. The lowest BCUT2D eigenvalue weighted by molar-refractivity contribution is 0.276. The van der Waals surface area contributed by atoms with Crippen LogP contribution in [-0.4, -0.2) is 14.2 Å². The van der Waals surface area contributed by atoms with E-state index >= 15 is 0 Å². The van der Waals surface area contributed by atoms with Crippen molar-refractivity contribution < 1.29 is 13.6 Å². The van der Waals surface area contributed by atoms with Gasteiger partial charge in [0.25, 0.3) is 0 Å². The second kappa shape index (κ2) is 7.03. The molecule has 0 aliphatic rings. The van der Waals surface area contributed by atoms with E-state index in [0.717, 1.165) is 5.56 Å². The Morgan fingerprint density at radius 2 is 1.50 bits per heavy atom. The maximum Gasteiger partial charge on any atom is 0.439 e. The Kier molecular flexibility index (Phi) is 5.54. The van der Waals surface area contributed by atoms with Crippen LogP contribution in [-0.2, 0) is 13.6 Å². The van der Waals surface area contributed by atoms with Gasteiger partial charge in [-0.3, -0.25) is 9.05 Å². The fourth-order valence-corrected chi connectivity index (χ4v) is 4.21. The summed E-state index contributed by atoms with van der Waals surface area (Å²) in [5, 5.41) is 0.704. The molecule has 22 heavy (non-hydrogen) atoms. The average molecular weight is 360 g/mol. The van der Waals surface area contributed by atoms with Gasteiger partial charge >= 0.3 is 7.75 Å². The van der Waals surface area contributed by atoms with Crippen molar-refractivity contribution in [1.82, 2.24) is 0 Å². The van der Waals surface area contributed by atoms with Crippen LogP contribution in [0.5, 0.6) is 0 Å². The molecule has 2 aromatic carbocycles. The van der Waals surface area contributed by atoms with E-state index in [1.807, 2.05) is 25.1 Å². The standard InChI is InChI=1S/C15H16Cl2NO3P/c1-11-7-4-5-10-14(11)18(22(19,20-2)21-3)15-12(16)8-6-9-13(15)17/h4-10H,1-3H3. The van der Waals surface area contributed by atoms with Gasteiger partial charge in [0.15, 0.2) is 0 Å². The highest BCUT2D eigenvalue weighted by Gasteiger charge is 2.36. The van der Waals surface area contributed by atoms with Gasteiger partial charge in [-0.2, -0.15) is 0 Å². The molecule has 0 atom stereocenters. The summed E-state index contributed by atoms with van der Waals surface area (Å²) in [4.78, 5) is 0. The van der Waals surface area contributed by atoms with E-state index in [1.165, 1.54) is 18.9 Å². The molecule has 7 heteroatoms. The van der Waals surface area contributed by atoms with Crippen LogP contribution in [0.1, 0.15) is 5.56 Å². The second-order valence-corrected chi connectivity index (χ2v) is 7.38. The molecule has 2 rings (SSSR count). The molecule has 0 aliphatic carbocycles. The lowest BCUT2D eigenvalue weighted by atomic mass is 10.2. The SMILES string of the molecule is COP(=O)(OC)N(c1ccccc1C)c1c(Cl)cccc1Cl. The molecule has 0 unspecified atom stereocenters. The molecule has 0 heterocycles. The van der Waals surface area contributed by atoms with Gasteiger partial charge in [-0.05, 0) is 30.7 Å².